The van der Waals surface area contributed by atoms with Crippen LogP contribution in [0.4, 0.5) is 0 Å². The molecule has 0 amide bonds. The number of carbonyl (C=O) groups is 4. The summed E-state index contributed by atoms with van der Waals surface area (Å²) in [4.78, 5) is 52.8. The number of phenolic OH excluding ortho intramolecular Hbond substituents is 1. The molecule has 26 nitrogen and oxygen atoms in total. The first kappa shape index (κ1) is 98.9. The Kier molecular flexibility index (Phi) is 40.8. The van der Waals surface area contributed by atoms with Gasteiger partial charge in [-0.3, -0.25) is 0 Å². The molecule has 1 aliphatic rings. The summed E-state index contributed by atoms with van der Waals surface area (Å²) in [6.07, 6.45) is 4.14. The number of oxime groups is 1. The van der Waals surface area contributed by atoms with Crippen molar-refractivity contribution in [3.05, 3.63) is 251 Å². The molecule has 15 rings (SSSR count). The largest absolute Gasteiger partial charge is 1.00 e. The molecule has 0 radical (unpaired) electrons. The monoisotopic (exact) mass is 1760 g/mol. The number of benzene rings is 8. The van der Waals surface area contributed by atoms with E-state index in [2.05, 4.69) is 50.8 Å². The third-order valence-electron chi connectivity index (χ3n) is 16.3. The van der Waals surface area contributed by atoms with E-state index in [0.717, 1.165) is 67.9 Å². The minimum Gasteiger partial charge on any atom is -0.870 e. The summed E-state index contributed by atoms with van der Waals surface area (Å²) in [5.41, 5.74) is 15.9. The normalized spacial score (nSPS) is 11.0. The second kappa shape index (κ2) is 48.3. The molecule has 0 bridgehead atoms. The van der Waals surface area contributed by atoms with Crippen molar-refractivity contribution in [3.63, 3.8) is 0 Å². The smallest absolute Gasteiger partial charge is 0.870 e. The van der Waals surface area contributed by atoms with Crippen LogP contribution in [0.25, 0.3) is 90.0 Å². The van der Waals surface area contributed by atoms with Gasteiger partial charge < -0.3 is 82.1 Å². The van der Waals surface area contributed by atoms with Crippen LogP contribution >= 0.6 is 73.9 Å². The molecule has 7 N–H and O–H groups in total. The van der Waals surface area contributed by atoms with Gasteiger partial charge in [0.2, 0.25) is 17.4 Å². The van der Waals surface area contributed by atoms with E-state index in [1.807, 2.05) is 97.0 Å². The number of halogens is 6. The van der Waals surface area contributed by atoms with E-state index < -0.39 is 23.9 Å². The first-order chi connectivity index (χ1) is 54.2. The van der Waals surface area contributed by atoms with Crippen molar-refractivity contribution in [2.24, 2.45) is 10.9 Å². The number of aromatic nitrogens is 4. The van der Waals surface area contributed by atoms with Gasteiger partial charge in [0.25, 0.3) is 11.8 Å². The molecule has 614 valence electrons. The molecule has 0 atom stereocenters. The van der Waals surface area contributed by atoms with E-state index in [4.69, 9.17) is 125 Å². The number of hydrogen-bond acceptors (Lipinski definition) is 23. The molecular weight excluding hydrogens is 1680 g/mol. The molecule has 1 aliphatic heterocycles. The fraction of sp³-hybridized carbons (Fsp3) is 0.226. The second-order valence-electron chi connectivity index (χ2n) is 24.1. The van der Waals surface area contributed by atoms with Gasteiger partial charge >= 0.3 is 42.7 Å². The number of rotatable bonds is 14. The van der Waals surface area contributed by atoms with Crippen molar-refractivity contribution < 1.29 is 114 Å². The van der Waals surface area contributed by atoms with Gasteiger partial charge in [0, 0.05) is 64.7 Å². The molecule has 8 aromatic carbocycles. The predicted molar refractivity (Wildman–Crippen MR) is 451 cm³/mol. The molecule has 6 aromatic heterocycles. The maximum absolute atomic E-state index is 11.5. The number of furan rings is 4. The standard InChI is InChI=1S/C19H13ClN2O4.C18H11ClN2O4.C10H7ClO3.C9H7ClO.C9H10N2O3.C7H7ClO.C6H13BrO2.C4H8O.2CH4.Li.H2O/c1-10-3-8-14(20)16-13(10)9-15(25-16)18-21-17(22-26-18)11-4-6-12(7-5-11)19(23)24-2;1-9-2-7-13(19)15-12(9)8-14(24-15)17-20-16(21-25-17)10-3-5-11(6-4-10)18(22)23;1-5-2-3-7(11)9-6(5)4-8(14-9)10(12)13;1-6-2-3-8(10)9-7(6)4-5-11-9;1-14-9(12)7-4-2-6(3-5-7)8(10)11-13;1-5-2-3-6(8)7(9)4-5;1-3-8-6(5-7)9-4-2;1-2-4-5-3-1;;;;/h3-9H,1-2H3;2-8H,1H3,(H,22,23);2-4H,1H3,(H,12,13);2-5H,1H3;2-5,13H,1H3,(H2,10,11);2-4,9H,1H3;6H,3-5H2,1-2H3;1-4H2;2*1H4;;1H2/q;;;;;;;;;;+1;/p-1. The summed E-state index contributed by atoms with van der Waals surface area (Å²) < 4.78 is 56.9. The quantitative estimate of drug-likeness (QED) is 0.00986. The van der Waals surface area contributed by atoms with E-state index >= 15 is 0 Å². The molecule has 1 saturated heterocycles. The molecule has 0 saturated carbocycles. The summed E-state index contributed by atoms with van der Waals surface area (Å²) in [7, 11) is 2.64. The van der Waals surface area contributed by atoms with Crippen molar-refractivity contribution >= 4 is 148 Å². The molecule has 0 aliphatic carbocycles. The Labute approximate surface area is 719 Å². The number of aryl methyl sites for hydroxylation is 5. The molecule has 14 aromatic rings. The van der Waals surface area contributed by atoms with Crippen LogP contribution in [-0.2, 0) is 23.7 Å². The van der Waals surface area contributed by atoms with Crippen molar-refractivity contribution in [1.82, 2.24) is 20.3 Å². The van der Waals surface area contributed by atoms with Crippen LogP contribution < -0.4 is 24.6 Å². The van der Waals surface area contributed by atoms with E-state index in [1.54, 1.807) is 103 Å². The van der Waals surface area contributed by atoms with E-state index in [9.17, 15) is 19.2 Å². The molecule has 0 spiro atoms. The van der Waals surface area contributed by atoms with E-state index in [1.165, 1.54) is 50.8 Å². The maximum Gasteiger partial charge on any atom is 1.00 e. The van der Waals surface area contributed by atoms with Crippen LogP contribution in [0.2, 0.25) is 25.1 Å². The number of hydrogen-bond donors (Lipinski definition) is 5. The maximum atomic E-state index is 11.5. The number of methoxy groups -OCH3 is 2. The fourth-order valence-corrected chi connectivity index (χ4v) is 11.6. The van der Waals surface area contributed by atoms with Crippen LogP contribution in [0, 0.1) is 34.6 Å². The van der Waals surface area contributed by atoms with Gasteiger partial charge in [0.05, 0.1) is 67.6 Å². The zero-order valence-corrected chi connectivity index (χ0v) is 69.0. The molecule has 117 heavy (non-hydrogen) atoms. The van der Waals surface area contributed by atoms with Crippen LogP contribution in [0.15, 0.2) is 202 Å². The minimum atomic E-state index is -1.09. The number of carboxylic acids is 2. The number of carboxylic acid groups (broad SMARTS) is 2. The Morgan fingerprint density at radius 2 is 0.915 bits per heavy atom. The van der Waals surface area contributed by atoms with Crippen molar-refractivity contribution in [1.29, 1.82) is 0 Å². The van der Waals surface area contributed by atoms with E-state index in [-0.39, 0.29) is 80.2 Å². The van der Waals surface area contributed by atoms with Gasteiger partial charge in [-0.2, -0.15) is 9.97 Å². The third-order valence-corrected chi connectivity index (χ3v) is 18.3. The fourth-order valence-electron chi connectivity index (χ4n) is 10.3. The Morgan fingerprint density at radius 1 is 0.521 bits per heavy atom. The summed E-state index contributed by atoms with van der Waals surface area (Å²) >= 11 is 32.9. The molecule has 33 heteroatoms. The van der Waals surface area contributed by atoms with Gasteiger partial charge in [-0.1, -0.05) is 171 Å². The predicted octanol–water partition coefficient (Wildman–Crippen LogP) is 19.8. The Hall–Kier alpha value is -10.5. The molecule has 7 heterocycles. The molecule has 0 unspecified atom stereocenters. The van der Waals surface area contributed by atoms with Gasteiger partial charge in [0.15, 0.2) is 46.0 Å². The number of esters is 2. The van der Waals surface area contributed by atoms with E-state index in [0.29, 0.717) is 106 Å². The average Bonchev–Trinajstić information content (AvgIpc) is 1.64. The van der Waals surface area contributed by atoms with Gasteiger partial charge in [-0.15, -0.1) is 0 Å². The number of alkyl halides is 1. The summed E-state index contributed by atoms with van der Waals surface area (Å²) in [6.45, 7) is 17.1. The number of carbonyl (C=O) groups excluding carboxylic acids is 2. The minimum absolute atomic E-state index is 0. The first-order valence-corrected chi connectivity index (χ1v) is 37.3. The average molecular weight is 1760 g/mol. The topological polar surface area (TPSA) is 394 Å². The zero-order chi connectivity index (χ0) is 82.0. The van der Waals surface area contributed by atoms with Crippen LogP contribution in [0.1, 0.15) is 117 Å². The number of ether oxygens (including phenoxy) is 5. The van der Waals surface area contributed by atoms with Gasteiger partial charge in [0.1, 0.15) is 5.75 Å². The Morgan fingerprint density at radius 3 is 1.26 bits per heavy atom. The van der Waals surface area contributed by atoms with Gasteiger partial charge in [-0.05, 0) is 186 Å². The number of nitrogens with zero attached hydrogens (tertiary/aromatic N) is 5. The number of aromatic hydroxyl groups is 1. The third kappa shape index (κ3) is 27.3. The van der Waals surface area contributed by atoms with Crippen LogP contribution in [0.3, 0.4) is 0 Å². The number of phenols is 1. The zero-order valence-electron chi connectivity index (χ0n) is 63.6. The summed E-state index contributed by atoms with van der Waals surface area (Å²) in [5.74, 6) is -0.757. The summed E-state index contributed by atoms with van der Waals surface area (Å²) in [6, 6.07) is 46.1. The van der Waals surface area contributed by atoms with Crippen molar-refractivity contribution in [3.8, 4) is 51.8 Å². The Balaban J connectivity index is 0.000000293. The first-order valence-electron chi connectivity index (χ1n) is 34.3. The van der Waals surface area contributed by atoms with Crippen molar-refractivity contribution in [2.45, 2.75) is 82.5 Å². The number of aromatic carboxylic acids is 2. The number of nitrogens with two attached hydrogens (primary N) is 1. The van der Waals surface area contributed by atoms with Crippen molar-refractivity contribution in [2.75, 3.05) is 46.0 Å². The second-order valence-corrected chi connectivity index (χ2v) is 26.8. The molecule has 1 fully saturated rings. The van der Waals surface area contributed by atoms with Crippen LogP contribution in [-0.4, -0.2) is 128 Å². The molecular formula is C84H85BrCl5LiN6O20. The Bertz CT molecular complexity index is 5400. The summed E-state index contributed by atoms with van der Waals surface area (Å²) in [5, 5.41) is 52.7. The van der Waals surface area contributed by atoms with Crippen LogP contribution in [0.5, 0.6) is 5.75 Å². The number of amidine groups is 1. The number of fused-ring (bicyclic) bond motifs is 4. The van der Waals surface area contributed by atoms with Gasteiger partial charge in [-0.25, -0.2) is 19.2 Å². The SMILES string of the molecule is C.C.C1CCOC1.CCOC(CBr)OCC.COC(=O)c1ccc(-c2noc(-c3cc4c(C)ccc(Cl)c4o3)n2)cc1.COC(=O)c1ccc(/C(N)=N\O)cc1.Cc1ccc(Cl)c(O)c1.Cc1ccc(Cl)c2oc(-c3nc(-c4ccc(C(=O)O)cc4)no3)cc12.Cc1ccc(Cl)c2oc(C(=O)O)cc12.Cc1ccc(Cl)c2occc12.[Li+].[OH-].